The van der Waals surface area contributed by atoms with Gasteiger partial charge in [-0.2, -0.15) is 0 Å². The Balaban J connectivity index is 1.86. The van der Waals surface area contributed by atoms with Crippen LogP contribution in [-0.4, -0.2) is 64.9 Å². The van der Waals surface area contributed by atoms with E-state index < -0.39 is 5.60 Å². The van der Waals surface area contributed by atoms with Crippen molar-refractivity contribution in [2.75, 3.05) is 26.2 Å². The molecule has 0 unspecified atom stereocenters. The molecular formula is C15H28N2O3. The van der Waals surface area contributed by atoms with Crippen molar-refractivity contribution in [1.82, 2.24) is 9.80 Å². The van der Waals surface area contributed by atoms with E-state index in [-0.39, 0.29) is 12.2 Å². The highest BCUT2D eigenvalue weighted by Gasteiger charge is 2.31. The van der Waals surface area contributed by atoms with Crippen molar-refractivity contribution < 1.29 is 14.6 Å². The number of aliphatic hydroxyl groups is 1. The number of rotatable bonds is 1. The summed E-state index contributed by atoms with van der Waals surface area (Å²) in [7, 11) is 0. The van der Waals surface area contributed by atoms with Crippen molar-refractivity contribution >= 4 is 6.09 Å². The van der Waals surface area contributed by atoms with E-state index in [9.17, 15) is 9.90 Å². The fourth-order valence-electron chi connectivity index (χ4n) is 3.00. The normalized spacial score (nSPS) is 26.6. The summed E-state index contributed by atoms with van der Waals surface area (Å²) in [5.41, 5.74) is -0.431. The zero-order valence-electron chi connectivity index (χ0n) is 13.0. The van der Waals surface area contributed by atoms with Gasteiger partial charge in [0, 0.05) is 32.2 Å². The third-order valence-corrected chi connectivity index (χ3v) is 4.06. The number of carbonyl (C=O) groups is 1. The lowest BCUT2D eigenvalue weighted by atomic mass is 10.00. The van der Waals surface area contributed by atoms with Crippen molar-refractivity contribution in [3.05, 3.63) is 0 Å². The second kappa shape index (κ2) is 6.31. The Morgan fingerprint density at radius 1 is 1.15 bits per heavy atom. The van der Waals surface area contributed by atoms with Gasteiger partial charge in [0.2, 0.25) is 0 Å². The van der Waals surface area contributed by atoms with E-state index in [1.54, 1.807) is 0 Å². The molecule has 1 N–H and O–H groups in total. The molecule has 0 aromatic rings. The van der Waals surface area contributed by atoms with Crippen LogP contribution in [0.5, 0.6) is 0 Å². The number of hydrogen-bond acceptors (Lipinski definition) is 4. The van der Waals surface area contributed by atoms with Gasteiger partial charge >= 0.3 is 6.09 Å². The zero-order valence-corrected chi connectivity index (χ0v) is 13.0. The maximum atomic E-state index is 12.1. The molecule has 2 heterocycles. The number of ether oxygens (including phenoxy) is 1. The molecule has 2 rings (SSSR count). The molecule has 5 heteroatoms. The lowest BCUT2D eigenvalue weighted by molar-refractivity contribution is 0.00142. The highest BCUT2D eigenvalue weighted by atomic mass is 16.6. The predicted molar refractivity (Wildman–Crippen MR) is 77.6 cm³/mol. The van der Waals surface area contributed by atoms with Gasteiger partial charge in [-0.3, -0.25) is 4.90 Å². The lowest BCUT2D eigenvalue weighted by Crippen LogP contribution is -2.53. The van der Waals surface area contributed by atoms with Crippen LogP contribution in [0.3, 0.4) is 0 Å². The molecule has 0 bridgehead atoms. The second-order valence-corrected chi connectivity index (χ2v) is 6.99. The topological polar surface area (TPSA) is 53.0 Å². The fourth-order valence-corrected chi connectivity index (χ4v) is 3.00. The fraction of sp³-hybridized carbons (Fsp3) is 0.933. The molecule has 2 aliphatic heterocycles. The quantitative estimate of drug-likeness (QED) is 0.798. The molecular weight excluding hydrogens is 256 g/mol. The number of carbonyl (C=O) groups excluding carboxylic acids is 1. The van der Waals surface area contributed by atoms with Crippen molar-refractivity contribution in [3.63, 3.8) is 0 Å². The van der Waals surface area contributed by atoms with E-state index in [1.165, 1.54) is 0 Å². The Morgan fingerprint density at radius 2 is 1.80 bits per heavy atom. The van der Waals surface area contributed by atoms with Gasteiger partial charge in [-0.25, -0.2) is 4.79 Å². The number of likely N-dealkylation sites (tertiary alicyclic amines) is 2. The summed E-state index contributed by atoms with van der Waals surface area (Å²) in [6.07, 6.45) is 3.53. The Labute approximate surface area is 121 Å². The molecule has 0 aromatic carbocycles. The molecule has 5 nitrogen and oxygen atoms in total. The summed E-state index contributed by atoms with van der Waals surface area (Å²) in [6, 6.07) is 0.420. The number of aliphatic hydroxyl groups excluding tert-OH is 1. The van der Waals surface area contributed by atoms with Gasteiger partial charge in [0.15, 0.2) is 0 Å². The lowest BCUT2D eigenvalue weighted by Gasteiger charge is -2.41. The average Bonchev–Trinajstić information content (AvgIpc) is 2.38. The predicted octanol–water partition coefficient (Wildman–Crippen LogP) is 1.84. The van der Waals surface area contributed by atoms with E-state index in [2.05, 4.69) is 4.90 Å². The van der Waals surface area contributed by atoms with Gasteiger partial charge in [-0.1, -0.05) is 0 Å². The Bertz CT molecular complexity index is 333. The van der Waals surface area contributed by atoms with Crippen LogP contribution in [0.1, 0.15) is 46.5 Å². The zero-order chi connectivity index (χ0) is 14.8. The summed E-state index contributed by atoms with van der Waals surface area (Å²) in [5.74, 6) is 0. The summed E-state index contributed by atoms with van der Waals surface area (Å²) < 4.78 is 5.46. The van der Waals surface area contributed by atoms with Crippen LogP contribution >= 0.6 is 0 Å². The number of amides is 1. The van der Waals surface area contributed by atoms with E-state index in [1.807, 2.05) is 25.7 Å². The molecule has 0 spiro atoms. The third-order valence-electron chi connectivity index (χ3n) is 4.06. The Hall–Kier alpha value is -0.810. The molecule has 2 aliphatic rings. The van der Waals surface area contributed by atoms with Gasteiger partial charge in [0.05, 0.1) is 6.10 Å². The van der Waals surface area contributed by atoms with E-state index >= 15 is 0 Å². The summed E-state index contributed by atoms with van der Waals surface area (Å²) in [6.45, 7) is 9.13. The Kier molecular flexibility index (Phi) is 4.91. The van der Waals surface area contributed by atoms with E-state index in [4.69, 9.17) is 4.74 Å². The van der Waals surface area contributed by atoms with E-state index in [0.29, 0.717) is 6.04 Å². The standard InChI is InChI=1S/C15H28N2O3/c1-15(2,3)20-14(19)17-8-4-5-12(11-17)16-9-6-13(18)7-10-16/h12-13,18H,4-11H2,1-3H3/t12-/m1/s1. The minimum Gasteiger partial charge on any atom is -0.444 e. The maximum Gasteiger partial charge on any atom is 0.410 e. The number of nitrogens with zero attached hydrogens (tertiary/aromatic N) is 2. The van der Waals surface area contributed by atoms with Crippen LogP contribution in [-0.2, 0) is 4.74 Å². The maximum absolute atomic E-state index is 12.1. The van der Waals surface area contributed by atoms with Crippen LogP contribution in [0.2, 0.25) is 0 Å². The molecule has 2 fully saturated rings. The average molecular weight is 284 g/mol. The first-order valence-corrected chi connectivity index (χ1v) is 7.75. The highest BCUT2D eigenvalue weighted by molar-refractivity contribution is 5.68. The molecule has 0 radical (unpaired) electrons. The van der Waals surface area contributed by atoms with E-state index in [0.717, 1.165) is 51.9 Å². The summed E-state index contributed by atoms with van der Waals surface area (Å²) in [4.78, 5) is 16.4. The van der Waals surface area contributed by atoms with Crippen LogP contribution in [0.4, 0.5) is 4.79 Å². The molecule has 0 saturated carbocycles. The molecule has 1 atom stereocenters. The largest absolute Gasteiger partial charge is 0.444 e. The Morgan fingerprint density at radius 3 is 2.40 bits per heavy atom. The summed E-state index contributed by atoms with van der Waals surface area (Å²) in [5, 5.41) is 9.58. The first kappa shape index (κ1) is 15.6. The van der Waals surface area contributed by atoms with Crippen molar-refractivity contribution in [1.29, 1.82) is 0 Å². The van der Waals surface area contributed by atoms with Crippen LogP contribution in [0.25, 0.3) is 0 Å². The monoisotopic (exact) mass is 284 g/mol. The van der Waals surface area contributed by atoms with Gasteiger partial charge in [-0.15, -0.1) is 0 Å². The molecule has 1 amide bonds. The van der Waals surface area contributed by atoms with Crippen LogP contribution in [0.15, 0.2) is 0 Å². The summed E-state index contributed by atoms with van der Waals surface area (Å²) >= 11 is 0. The minimum atomic E-state index is -0.431. The third kappa shape index (κ3) is 4.35. The van der Waals surface area contributed by atoms with Gasteiger partial charge in [0.1, 0.15) is 5.60 Å². The molecule has 20 heavy (non-hydrogen) atoms. The molecule has 116 valence electrons. The molecule has 2 saturated heterocycles. The first-order chi connectivity index (χ1) is 9.35. The van der Waals surface area contributed by atoms with Gasteiger partial charge in [-0.05, 0) is 46.5 Å². The number of hydrogen-bond donors (Lipinski definition) is 1. The van der Waals surface area contributed by atoms with Crippen LogP contribution < -0.4 is 0 Å². The van der Waals surface area contributed by atoms with Crippen molar-refractivity contribution in [3.8, 4) is 0 Å². The SMILES string of the molecule is CC(C)(C)OC(=O)N1CCC[C@@H](N2CCC(O)CC2)C1. The first-order valence-electron chi connectivity index (χ1n) is 7.75. The van der Waals surface area contributed by atoms with Crippen molar-refractivity contribution in [2.45, 2.75) is 64.2 Å². The van der Waals surface area contributed by atoms with Gasteiger partial charge in [0.25, 0.3) is 0 Å². The van der Waals surface area contributed by atoms with Crippen LogP contribution in [0, 0.1) is 0 Å². The minimum absolute atomic E-state index is 0.142. The molecule has 0 aliphatic carbocycles. The van der Waals surface area contributed by atoms with Crippen molar-refractivity contribution in [2.24, 2.45) is 0 Å². The second-order valence-electron chi connectivity index (χ2n) is 6.99. The molecule has 0 aromatic heterocycles. The number of piperidine rings is 2. The smallest absolute Gasteiger partial charge is 0.410 e. The van der Waals surface area contributed by atoms with Gasteiger partial charge < -0.3 is 14.7 Å². The highest BCUT2D eigenvalue weighted by Crippen LogP contribution is 2.22.